The molecule has 0 N–H and O–H groups in total. The van der Waals surface area contributed by atoms with Gasteiger partial charge in [-0.1, -0.05) is 12.2 Å². The Morgan fingerprint density at radius 1 is 1.36 bits per heavy atom. The molecule has 0 saturated heterocycles. The highest BCUT2D eigenvalue weighted by molar-refractivity contribution is 5.74. The number of aldehydes is 1. The van der Waals surface area contributed by atoms with Gasteiger partial charge in [-0.05, 0) is 18.2 Å². The van der Waals surface area contributed by atoms with Crippen LogP contribution in [0.2, 0.25) is 0 Å². The third kappa shape index (κ3) is 1.71. The number of carbonyl (C=O) groups excluding carboxylic acids is 1. The summed E-state index contributed by atoms with van der Waals surface area (Å²) in [6, 6.07) is 3.61. The zero-order valence-corrected chi connectivity index (χ0v) is 7.63. The molecule has 0 atom stereocenters. The molecule has 70 valence electrons. The van der Waals surface area contributed by atoms with Gasteiger partial charge in [-0.25, -0.2) is 4.98 Å². The van der Waals surface area contributed by atoms with Gasteiger partial charge in [-0.15, -0.1) is 0 Å². The van der Waals surface area contributed by atoms with Crippen LogP contribution in [-0.4, -0.2) is 17.8 Å². The van der Waals surface area contributed by atoms with Crippen LogP contribution in [0.15, 0.2) is 42.8 Å². The van der Waals surface area contributed by atoms with Crippen molar-refractivity contribution in [1.82, 2.24) is 4.98 Å². The molecule has 3 nitrogen and oxygen atoms in total. The normalized spacial score (nSPS) is 14.4. The molecule has 0 unspecified atom stereocenters. The first-order valence-electron chi connectivity index (χ1n) is 4.41. The van der Waals surface area contributed by atoms with E-state index in [1.54, 1.807) is 12.3 Å². The highest BCUT2D eigenvalue weighted by atomic mass is 16.1. The highest BCUT2D eigenvalue weighted by Gasteiger charge is 2.03. The molecule has 0 fully saturated rings. The van der Waals surface area contributed by atoms with Crippen molar-refractivity contribution in [3.8, 4) is 0 Å². The zero-order valence-electron chi connectivity index (χ0n) is 7.63. The maximum absolute atomic E-state index is 10.4. The van der Waals surface area contributed by atoms with Crippen molar-refractivity contribution in [2.75, 3.05) is 11.4 Å². The van der Waals surface area contributed by atoms with Crippen molar-refractivity contribution in [3.05, 3.63) is 48.3 Å². The minimum atomic E-state index is 0.602. The topological polar surface area (TPSA) is 33.2 Å². The number of pyridine rings is 1. The van der Waals surface area contributed by atoms with E-state index in [-0.39, 0.29) is 0 Å². The number of rotatable bonds is 2. The lowest BCUT2D eigenvalue weighted by atomic mass is 10.3. The first kappa shape index (κ1) is 8.69. The van der Waals surface area contributed by atoms with Gasteiger partial charge in [0.25, 0.3) is 0 Å². The highest BCUT2D eigenvalue weighted by Crippen LogP contribution is 2.12. The largest absolute Gasteiger partial charge is 0.329 e. The number of nitrogens with zero attached hydrogens (tertiary/aromatic N) is 2. The molecule has 0 saturated carbocycles. The lowest BCUT2D eigenvalue weighted by Crippen LogP contribution is -2.18. The van der Waals surface area contributed by atoms with Crippen LogP contribution in [0.4, 0.5) is 5.82 Å². The summed E-state index contributed by atoms with van der Waals surface area (Å²) >= 11 is 0. The summed E-state index contributed by atoms with van der Waals surface area (Å²) < 4.78 is 0. The third-order valence-corrected chi connectivity index (χ3v) is 2.02. The summed E-state index contributed by atoms with van der Waals surface area (Å²) in [5.74, 6) is 0.858. The number of carbonyl (C=O) groups is 1. The SMILES string of the molecule is O=Cc1ccc(N2C=CC=CC2)nc1. The summed E-state index contributed by atoms with van der Waals surface area (Å²) in [5, 5.41) is 0. The van der Waals surface area contributed by atoms with E-state index in [9.17, 15) is 4.79 Å². The predicted molar refractivity (Wildman–Crippen MR) is 55.3 cm³/mol. The Morgan fingerprint density at radius 2 is 2.29 bits per heavy atom. The van der Waals surface area contributed by atoms with Crippen LogP contribution in [0, 0.1) is 0 Å². The molecule has 3 heteroatoms. The lowest BCUT2D eigenvalue weighted by Gasteiger charge is -2.18. The molecule has 2 heterocycles. The summed E-state index contributed by atoms with van der Waals surface area (Å²) in [7, 11) is 0. The Bertz CT molecular complexity index is 379. The van der Waals surface area contributed by atoms with Gasteiger partial charge >= 0.3 is 0 Å². The Kier molecular flexibility index (Phi) is 2.40. The van der Waals surface area contributed by atoms with E-state index in [1.807, 2.05) is 29.3 Å². The Morgan fingerprint density at radius 3 is 2.86 bits per heavy atom. The lowest BCUT2D eigenvalue weighted by molar-refractivity contribution is 0.112. The first-order chi connectivity index (χ1) is 6.90. The molecule has 14 heavy (non-hydrogen) atoms. The van der Waals surface area contributed by atoms with E-state index in [2.05, 4.69) is 11.1 Å². The van der Waals surface area contributed by atoms with Crippen LogP contribution in [0.1, 0.15) is 10.4 Å². The minimum absolute atomic E-state index is 0.602. The second kappa shape index (κ2) is 3.87. The fourth-order valence-electron chi connectivity index (χ4n) is 1.27. The Labute approximate surface area is 82.4 Å². The second-order valence-electron chi connectivity index (χ2n) is 2.99. The van der Waals surface area contributed by atoms with Gasteiger partial charge < -0.3 is 4.90 Å². The average molecular weight is 186 g/mol. The molecule has 0 aromatic carbocycles. The van der Waals surface area contributed by atoms with Crippen LogP contribution in [0.25, 0.3) is 0 Å². The van der Waals surface area contributed by atoms with E-state index in [4.69, 9.17) is 0 Å². The molecule has 0 bridgehead atoms. The van der Waals surface area contributed by atoms with Crippen molar-refractivity contribution in [2.24, 2.45) is 0 Å². The van der Waals surface area contributed by atoms with Gasteiger partial charge in [0, 0.05) is 24.5 Å². The van der Waals surface area contributed by atoms with Crippen LogP contribution < -0.4 is 4.90 Å². The monoisotopic (exact) mass is 186 g/mol. The fraction of sp³-hybridized carbons (Fsp3) is 0.0909. The van der Waals surface area contributed by atoms with Crippen LogP contribution in [0.3, 0.4) is 0 Å². The predicted octanol–water partition coefficient (Wildman–Crippen LogP) is 1.78. The maximum atomic E-state index is 10.4. The molecule has 0 spiro atoms. The molecule has 1 aliphatic heterocycles. The number of aromatic nitrogens is 1. The maximum Gasteiger partial charge on any atom is 0.151 e. The summed E-state index contributed by atoms with van der Waals surface area (Å²) in [6.45, 7) is 0.823. The Balaban J connectivity index is 2.20. The first-order valence-corrected chi connectivity index (χ1v) is 4.41. The quantitative estimate of drug-likeness (QED) is 0.660. The Hall–Kier alpha value is -1.90. The molecule has 0 aliphatic carbocycles. The molecule has 1 aliphatic rings. The smallest absolute Gasteiger partial charge is 0.151 e. The standard InChI is InChI=1S/C11H10N2O/c14-9-10-4-5-11(12-8-10)13-6-2-1-3-7-13/h1-6,8-9H,7H2. The van der Waals surface area contributed by atoms with Gasteiger partial charge in [0.05, 0.1) is 0 Å². The van der Waals surface area contributed by atoms with E-state index in [0.29, 0.717) is 5.56 Å². The van der Waals surface area contributed by atoms with Crippen molar-refractivity contribution in [2.45, 2.75) is 0 Å². The minimum Gasteiger partial charge on any atom is -0.329 e. The van der Waals surface area contributed by atoms with Gasteiger partial charge in [-0.2, -0.15) is 0 Å². The van der Waals surface area contributed by atoms with Gasteiger partial charge in [0.1, 0.15) is 5.82 Å². The number of hydrogen-bond donors (Lipinski definition) is 0. The van der Waals surface area contributed by atoms with Crippen molar-refractivity contribution < 1.29 is 4.79 Å². The number of allylic oxidation sites excluding steroid dienone is 2. The van der Waals surface area contributed by atoms with E-state index in [0.717, 1.165) is 18.6 Å². The third-order valence-electron chi connectivity index (χ3n) is 2.02. The van der Waals surface area contributed by atoms with E-state index < -0.39 is 0 Å². The second-order valence-corrected chi connectivity index (χ2v) is 2.99. The average Bonchev–Trinajstić information content (AvgIpc) is 2.30. The fourth-order valence-corrected chi connectivity index (χ4v) is 1.27. The van der Waals surface area contributed by atoms with E-state index >= 15 is 0 Å². The zero-order chi connectivity index (χ0) is 9.80. The summed E-state index contributed by atoms with van der Waals surface area (Å²) in [6.07, 6.45) is 10.3. The van der Waals surface area contributed by atoms with Gasteiger partial charge in [0.2, 0.25) is 0 Å². The molecule has 0 amide bonds. The van der Waals surface area contributed by atoms with Crippen molar-refractivity contribution >= 4 is 12.1 Å². The molecular weight excluding hydrogens is 176 g/mol. The van der Waals surface area contributed by atoms with Crippen LogP contribution >= 0.6 is 0 Å². The van der Waals surface area contributed by atoms with Crippen molar-refractivity contribution in [1.29, 1.82) is 0 Å². The number of hydrogen-bond acceptors (Lipinski definition) is 3. The van der Waals surface area contributed by atoms with E-state index in [1.165, 1.54) is 0 Å². The van der Waals surface area contributed by atoms with Crippen molar-refractivity contribution in [3.63, 3.8) is 0 Å². The van der Waals surface area contributed by atoms with Crippen LogP contribution in [0.5, 0.6) is 0 Å². The molecular formula is C11H10N2O. The molecule has 1 aromatic heterocycles. The van der Waals surface area contributed by atoms with Crippen LogP contribution in [-0.2, 0) is 0 Å². The summed E-state index contributed by atoms with van der Waals surface area (Å²) in [5.41, 5.74) is 0.602. The molecule has 2 rings (SSSR count). The van der Waals surface area contributed by atoms with Gasteiger partial charge in [-0.3, -0.25) is 4.79 Å². The van der Waals surface area contributed by atoms with Gasteiger partial charge in [0.15, 0.2) is 6.29 Å². The summed E-state index contributed by atoms with van der Waals surface area (Å²) in [4.78, 5) is 16.6. The number of anilines is 1. The molecule has 1 aromatic rings. The molecule has 0 radical (unpaired) electrons.